The van der Waals surface area contributed by atoms with E-state index in [1.807, 2.05) is 0 Å². The van der Waals surface area contributed by atoms with Crippen LogP contribution in [0.5, 0.6) is 0 Å². The Hall–Kier alpha value is -0.150. The lowest BCUT2D eigenvalue weighted by Gasteiger charge is -2.25. The van der Waals surface area contributed by atoms with Gasteiger partial charge in [-0.15, -0.1) is 0 Å². The first kappa shape index (κ1) is 6.55. The van der Waals surface area contributed by atoms with Crippen molar-refractivity contribution in [1.82, 2.24) is 10.2 Å². The molecule has 3 heteroatoms. The van der Waals surface area contributed by atoms with Crippen LogP contribution in [0.15, 0.2) is 0 Å². The number of fused-ring (bicyclic) bond motifs is 2. The third-order valence-electron chi connectivity index (χ3n) is 2.54. The van der Waals surface area contributed by atoms with Crippen LogP contribution in [0.25, 0.3) is 0 Å². The lowest BCUT2D eigenvalue weighted by Crippen LogP contribution is -2.44. The molecule has 2 bridgehead atoms. The topological polar surface area (TPSA) is 15.3 Å². The minimum Gasteiger partial charge on any atom is -0.311 e. The first-order valence-corrected chi connectivity index (χ1v) is 3.93. The SMILES string of the molecule is FCCN1C[C@H]2CC1CN2. The number of halogens is 1. The molecule has 1 unspecified atom stereocenters. The Morgan fingerprint density at radius 1 is 1.60 bits per heavy atom. The van der Waals surface area contributed by atoms with Crippen LogP contribution in [-0.4, -0.2) is 43.3 Å². The summed E-state index contributed by atoms with van der Waals surface area (Å²) in [6, 6.07) is 1.30. The van der Waals surface area contributed by atoms with E-state index in [1.54, 1.807) is 0 Å². The van der Waals surface area contributed by atoms with Crippen molar-refractivity contribution < 1.29 is 4.39 Å². The molecule has 1 N–H and O–H groups in total. The van der Waals surface area contributed by atoms with E-state index in [2.05, 4.69) is 10.2 Å². The van der Waals surface area contributed by atoms with E-state index >= 15 is 0 Å². The van der Waals surface area contributed by atoms with Crippen LogP contribution in [0.4, 0.5) is 4.39 Å². The maximum absolute atomic E-state index is 11.9. The van der Waals surface area contributed by atoms with Gasteiger partial charge in [0.1, 0.15) is 6.67 Å². The molecule has 10 heavy (non-hydrogen) atoms. The van der Waals surface area contributed by atoms with Crippen molar-refractivity contribution in [2.24, 2.45) is 0 Å². The molecular weight excluding hydrogens is 131 g/mol. The third-order valence-corrected chi connectivity index (χ3v) is 2.54. The summed E-state index contributed by atoms with van der Waals surface area (Å²) in [6.07, 6.45) is 1.24. The molecule has 2 nitrogen and oxygen atoms in total. The van der Waals surface area contributed by atoms with Gasteiger partial charge in [0, 0.05) is 31.7 Å². The molecule has 0 spiro atoms. The van der Waals surface area contributed by atoms with Gasteiger partial charge in [-0.3, -0.25) is 4.90 Å². The summed E-state index contributed by atoms with van der Waals surface area (Å²) in [5, 5.41) is 3.38. The fourth-order valence-corrected chi connectivity index (χ4v) is 2.03. The number of nitrogens with one attached hydrogen (secondary N) is 1. The van der Waals surface area contributed by atoms with Crippen LogP contribution >= 0.6 is 0 Å². The summed E-state index contributed by atoms with van der Waals surface area (Å²) >= 11 is 0. The second-order valence-corrected chi connectivity index (χ2v) is 3.18. The van der Waals surface area contributed by atoms with Crippen molar-refractivity contribution >= 4 is 0 Å². The second-order valence-electron chi connectivity index (χ2n) is 3.18. The summed E-state index contributed by atoms with van der Waals surface area (Å²) in [5.41, 5.74) is 0. The number of nitrogens with zero attached hydrogens (tertiary/aromatic N) is 1. The molecule has 2 rings (SSSR count). The van der Waals surface area contributed by atoms with Crippen LogP contribution in [0.3, 0.4) is 0 Å². The van der Waals surface area contributed by atoms with Gasteiger partial charge in [0.05, 0.1) is 0 Å². The molecule has 0 saturated carbocycles. The smallest absolute Gasteiger partial charge is 0.102 e. The molecule has 0 aromatic carbocycles. The molecule has 2 aliphatic heterocycles. The van der Waals surface area contributed by atoms with E-state index in [9.17, 15) is 4.39 Å². The highest BCUT2D eigenvalue weighted by molar-refractivity contribution is 4.96. The van der Waals surface area contributed by atoms with E-state index in [0.29, 0.717) is 18.6 Å². The van der Waals surface area contributed by atoms with Crippen LogP contribution in [0.2, 0.25) is 0 Å². The van der Waals surface area contributed by atoms with E-state index < -0.39 is 0 Å². The van der Waals surface area contributed by atoms with Crippen molar-refractivity contribution in [2.45, 2.75) is 18.5 Å². The van der Waals surface area contributed by atoms with Crippen LogP contribution < -0.4 is 5.32 Å². The molecular formula is C7H13FN2. The average Bonchev–Trinajstić information content (AvgIpc) is 2.48. The van der Waals surface area contributed by atoms with E-state index in [4.69, 9.17) is 0 Å². The fourth-order valence-electron chi connectivity index (χ4n) is 2.03. The predicted octanol–water partition coefficient (Wildman–Crippen LogP) is 0.00200. The maximum atomic E-state index is 11.9. The van der Waals surface area contributed by atoms with Gasteiger partial charge >= 0.3 is 0 Å². The molecule has 2 atom stereocenters. The molecule has 0 aliphatic carbocycles. The first-order chi connectivity index (χ1) is 4.90. The van der Waals surface area contributed by atoms with Gasteiger partial charge in [-0.1, -0.05) is 0 Å². The quantitative estimate of drug-likeness (QED) is 0.587. The van der Waals surface area contributed by atoms with E-state index in [0.717, 1.165) is 13.1 Å². The third kappa shape index (κ3) is 0.935. The summed E-state index contributed by atoms with van der Waals surface area (Å²) < 4.78 is 11.9. The number of hydrogen-bond donors (Lipinski definition) is 1. The Morgan fingerprint density at radius 2 is 2.50 bits per heavy atom. The Kier molecular flexibility index (Phi) is 1.62. The van der Waals surface area contributed by atoms with Gasteiger partial charge in [-0.2, -0.15) is 0 Å². The van der Waals surface area contributed by atoms with Crippen molar-refractivity contribution in [3.05, 3.63) is 0 Å². The Balaban J connectivity index is 1.90. The first-order valence-electron chi connectivity index (χ1n) is 3.93. The number of alkyl halides is 1. The van der Waals surface area contributed by atoms with Gasteiger partial charge in [0.2, 0.25) is 0 Å². The van der Waals surface area contributed by atoms with E-state index in [1.165, 1.54) is 6.42 Å². The van der Waals surface area contributed by atoms with Crippen molar-refractivity contribution in [2.75, 3.05) is 26.3 Å². The number of piperazine rings is 1. The fraction of sp³-hybridized carbons (Fsp3) is 1.00. The molecule has 58 valence electrons. The maximum Gasteiger partial charge on any atom is 0.102 e. The standard InChI is InChI=1S/C7H13FN2/c8-1-2-10-5-6-3-7(10)4-9-6/h6-7,9H,1-5H2/t6-,7?/m1/s1. The summed E-state index contributed by atoms with van der Waals surface area (Å²) in [7, 11) is 0. The summed E-state index contributed by atoms with van der Waals surface area (Å²) in [5.74, 6) is 0. The number of rotatable bonds is 2. The highest BCUT2D eigenvalue weighted by atomic mass is 19.1. The highest BCUT2D eigenvalue weighted by Gasteiger charge is 2.36. The van der Waals surface area contributed by atoms with Gasteiger partial charge in [-0.25, -0.2) is 4.39 Å². The molecule has 0 aromatic rings. The van der Waals surface area contributed by atoms with Crippen molar-refractivity contribution in [3.8, 4) is 0 Å². The zero-order chi connectivity index (χ0) is 6.97. The second kappa shape index (κ2) is 2.47. The zero-order valence-electron chi connectivity index (χ0n) is 6.02. The molecule has 0 aromatic heterocycles. The summed E-state index contributed by atoms with van der Waals surface area (Å²) in [4.78, 5) is 2.25. The van der Waals surface area contributed by atoms with Gasteiger partial charge in [0.25, 0.3) is 0 Å². The predicted molar refractivity (Wildman–Crippen MR) is 37.7 cm³/mol. The molecule has 2 heterocycles. The highest BCUT2D eigenvalue weighted by Crippen LogP contribution is 2.22. The normalized spacial score (nSPS) is 39.3. The minimum atomic E-state index is -0.191. The zero-order valence-corrected chi connectivity index (χ0v) is 6.02. The van der Waals surface area contributed by atoms with Crippen LogP contribution in [0.1, 0.15) is 6.42 Å². The van der Waals surface area contributed by atoms with E-state index in [-0.39, 0.29) is 6.67 Å². The Bertz CT molecular complexity index is 129. The Labute approximate surface area is 60.4 Å². The molecule has 2 saturated heterocycles. The number of likely N-dealkylation sites (tertiary alicyclic amines) is 1. The Morgan fingerprint density at radius 3 is 3.00 bits per heavy atom. The van der Waals surface area contributed by atoms with Crippen molar-refractivity contribution in [3.63, 3.8) is 0 Å². The van der Waals surface area contributed by atoms with Gasteiger partial charge < -0.3 is 5.32 Å². The number of hydrogen-bond acceptors (Lipinski definition) is 2. The molecule has 2 fully saturated rings. The van der Waals surface area contributed by atoms with Crippen LogP contribution in [-0.2, 0) is 0 Å². The summed E-state index contributed by atoms with van der Waals surface area (Å²) in [6.45, 7) is 2.59. The minimum absolute atomic E-state index is 0.191. The lowest BCUT2D eigenvalue weighted by molar-refractivity contribution is 0.208. The van der Waals surface area contributed by atoms with Gasteiger partial charge in [0.15, 0.2) is 0 Å². The molecule has 0 radical (unpaired) electrons. The van der Waals surface area contributed by atoms with Gasteiger partial charge in [-0.05, 0) is 6.42 Å². The lowest BCUT2D eigenvalue weighted by atomic mass is 10.2. The average molecular weight is 144 g/mol. The largest absolute Gasteiger partial charge is 0.311 e. The van der Waals surface area contributed by atoms with Crippen LogP contribution in [0, 0.1) is 0 Å². The molecule has 0 amide bonds. The van der Waals surface area contributed by atoms with Crippen molar-refractivity contribution in [1.29, 1.82) is 0 Å². The molecule has 2 aliphatic rings. The monoisotopic (exact) mass is 144 g/mol.